The van der Waals surface area contributed by atoms with E-state index in [1.807, 2.05) is 5.38 Å². The molecule has 0 aliphatic heterocycles. The van der Waals surface area contributed by atoms with Crippen molar-refractivity contribution in [2.45, 2.75) is 20.8 Å². The van der Waals surface area contributed by atoms with Gasteiger partial charge in [0.25, 0.3) is 0 Å². The summed E-state index contributed by atoms with van der Waals surface area (Å²) in [6.45, 7) is 8.59. The largest absolute Gasteiger partial charge is 0.383 e. The van der Waals surface area contributed by atoms with E-state index in [4.69, 9.17) is 5.73 Å². The highest BCUT2D eigenvalue weighted by atomic mass is 32.1. The van der Waals surface area contributed by atoms with Crippen LogP contribution in [0.5, 0.6) is 0 Å². The lowest BCUT2D eigenvalue weighted by molar-refractivity contribution is 0.618. The van der Waals surface area contributed by atoms with E-state index in [0.29, 0.717) is 11.7 Å². The molecule has 1 heterocycles. The van der Waals surface area contributed by atoms with Crippen LogP contribution in [-0.4, -0.2) is 18.1 Å². The molecule has 0 aromatic carbocycles. The number of thiazole rings is 1. The van der Waals surface area contributed by atoms with Crippen LogP contribution in [0.4, 0.5) is 10.9 Å². The normalized spacial score (nSPS) is 10.8. The molecule has 0 amide bonds. The zero-order valence-corrected chi connectivity index (χ0v) is 9.27. The molecular formula is C9H17N3S. The molecule has 0 saturated carbocycles. The predicted octanol–water partition coefficient (Wildman–Crippen LogP) is 2.21. The van der Waals surface area contributed by atoms with Crippen LogP contribution >= 0.6 is 11.3 Å². The number of hydrogen-bond donors (Lipinski definition) is 1. The monoisotopic (exact) mass is 199 g/mol. The van der Waals surface area contributed by atoms with Crippen LogP contribution in [0, 0.1) is 5.92 Å². The minimum absolute atomic E-state index is 0.627. The van der Waals surface area contributed by atoms with Crippen LogP contribution in [0.2, 0.25) is 0 Å². The first-order valence-electron chi connectivity index (χ1n) is 4.59. The molecule has 1 aromatic rings. The van der Waals surface area contributed by atoms with Gasteiger partial charge in [-0.15, -0.1) is 11.3 Å². The summed E-state index contributed by atoms with van der Waals surface area (Å²) in [5, 5.41) is 2.92. The first-order valence-corrected chi connectivity index (χ1v) is 5.47. The van der Waals surface area contributed by atoms with Crippen molar-refractivity contribution in [1.82, 2.24) is 4.98 Å². The first kappa shape index (κ1) is 10.3. The Balaban J connectivity index is 2.66. The highest BCUT2D eigenvalue weighted by molar-refractivity contribution is 7.14. The Kier molecular flexibility index (Phi) is 3.54. The maximum absolute atomic E-state index is 5.57. The summed E-state index contributed by atoms with van der Waals surface area (Å²) in [6, 6.07) is 0. The molecule has 0 atom stereocenters. The quantitative estimate of drug-likeness (QED) is 0.808. The number of nitrogens with two attached hydrogens (primary N) is 1. The first-order chi connectivity index (χ1) is 6.13. The molecule has 1 aromatic heterocycles. The lowest BCUT2D eigenvalue weighted by Crippen LogP contribution is -2.26. The van der Waals surface area contributed by atoms with E-state index in [1.165, 1.54) is 0 Å². The molecule has 74 valence electrons. The summed E-state index contributed by atoms with van der Waals surface area (Å²) < 4.78 is 0. The Hall–Kier alpha value is -0.770. The van der Waals surface area contributed by atoms with Gasteiger partial charge in [0, 0.05) is 18.5 Å². The van der Waals surface area contributed by atoms with Gasteiger partial charge in [-0.3, -0.25) is 0 Å². The fourth-order valence-corrected chi connectivity index (χ4v) is 1.99. The van der Waals surface area contributed by atoms with E-state index in [2.05, 4.69) is 30.7 Å². The van der Waals surface area contributed by atoms with Gasteiger partial charge in [-0.1, -0.05) is 13.8 Å². The lowest BCUT2D eigenvalue weighted by Gasteiger charge is -2.21. The number of nitrogen functional groups attached to an aromatic ring is 1. The van der Waals surface area contributed by atoms with Gasteiger partial charge in [0.15, 0.2) is 5.13 Å². The molecule has 0 radical (unpaired) electrons. The molecule has 4 heteroatoms. The molecular weight excluding hydrogens is 182 g/mol. The van der Waals surface area contributed by atoms with Crippen LogP contribution in [0.25, 0.3) is 0 Å². The second-order valence-corrected chi connectivity index (χ2v) is 4.32. The van der Waals surface area contributed by atoms with E-state index in [0.717, 1.165) is 18.2 Å². The van der Waals surface area contributed by atoms with Gasteiger partial charge in [-0.25, -0.2) is 4.98 Å². The smallest absolute Gasteiger partial charge is 0.187 e. The third-order valence-electron chi connectivity index (χ3n) is 1.75. The van der Waals surface area contributed by atoms with Gasteiger partial charge in [0.2, 0.25) is 0 Å². The molecule has 1 rings (SSSR count). The van der Waals surface area contributed by atoms with Crippen LogP contribution in [0.3, 0.4) is 0 Å². The minimum atomic E-state index is 0.627. The van der Waals surface area contributed by atoms with Crippen molar-refractivity contribution in [2.24, 2.45) is 5.92 Å². The van der Waals surface area contributed by atoms with E-state index >= 15 is 0 Å². The Labute approximate surface area is 83.6 Å². The van der Waals surface area contributed by atoms with Crippen molar-refractivity contribution in [3.63, 3.8) is 0 Å². The number of anilines is 2. The topological polar surface area (TPSA) is 42.2 Å². The van der Waals surface area contributed by atoms with E-state index in [-0.39, 0.29) is 0 Å². The number of rotatable bonds is 4. The Morgan fingerprint density at radius 3 is 2.69 bits per heavy atom. The average Bonchev–Trinajstić information content (AvgIpc) is 2.47. The fourth-order valence-electron chi connectivity index (χ4n) is 1.20. The van der Waals surface area contributed by atoms with Crippen molar-refractivity contribution in [1.29, 1.82) is 0 Å². The number of hydrogen-bond acceptors (Lipinski definition) is 4. The van der Waals surface area contributed by atoms with Crippen molar-refractivity contribution in [3.05, 3.63) is 5.38 Å². The molecule has 2 N–H and O–H groups in total. The van der Waals surface area contributed by atoms with Gasteiger partial charge in [-0.05, 0) is 12.8 Å². The van der Waals surface area contributed by atoms with Crippen molar-refractivity contribution < 1.29 is 0 Å². The van der Waals surface area contributed by atoms with Gasteiger partial charge in [0.05, 0.1) is 0 Å². The summed E-state index contributed by atoms with van der Waals surface area (Å²) in [5.41, 5.74) is 5.57. The molecule has 0 aliphatic rings. The zero-order chi connectivity index (χ0) is 9.84. The number of nitrogens with zero attached hydrogens (tertiary/aromatic N) is 2. The molecule has 0 fully saturated rings. The molecule has 0 saturated heterocycles. The average molecular weight is 199 g/mol. The highest BCUT2D eigenvalue weighted by Crippen LogP contribution is 2.22. The third-order valence-corrected chi connectivity index (χ3v) is 2.67. The summed E-state index contributed by atoms with van der Waals surface area (Å²) in [7, 11) is 0. The number of aromatic nitrogens is 1. The van der Waals surface area contributed by atoms with Gasteiger partial charge in [-0.2, -0.15) is 0 Å². The zero-order valence-electron chi connectivity index (χ0n) is 8.45. The van der Waals surface area contributed by atoms with Gasteiger partial charge in [0.1, 0.15) is 5.82 Å². The van der Waals surface area contributed by atoms with Crippen LogP contribution in [0.1, 0.15) is 20.8 Å². The Bertz CT molecular complexity index is 257. The van der Waals surface area contributed by atoms with E-state index in [1.54, 1.807) is 11.3 Å². The minimum Gasteiger partial charge on any atom is -0.383 e. The second-order valence-electron chi connectivity index (χ2n) is 3.49. The van der Waals surface area contributed by atoms with Crippen LogP contribution < -0.4 is 10.6 Å². The molecule has 0 spiro atoms. The van der Waals surface area contributed by atoms with Crippen LogP contribution in [-0.2, 0) is 0 Å². The molecule has 0 bridgehead atoms. The lowest BCUT2D eigenvalue weighted by atomic mass is 10.2. The second kappa shape index (κ2) is 4.46. The van der Waals surface area contributed by atoms with Gasteiger partial charge < -0.3 is 10.6 Å². The van der Waals surface area contributed by atoms with E-state index < -0.39 is 0 Å². The van der Waals surface area contributed by atoms with Crippen molar-refractivity contribution in [3.8, 4) is 0 Å². The summed E-state index contributed by atoms with van der Waals surface area (Å²) >= 11 is 1.61. The molecule has 0 unspecified atom stereocenters. The maximum Gasteiger partial charge on any atom is 0.187 e. The van der Waals surface area contributed by atoms with Crippen LogP contribution in [0.15, 0.2) is 5.38 Å². The standard InChI is InChI=1S/C9H17N3S/c1-4-12(5-7(2)3)9-11-8(10)6-13-9/h6-7H,4-5,10H2,1-3H3. The fraction of sp³-hybridized carbons (Fsp3) is 0.667. The summed E-state index contributed by atoms with van der Waals surface area (Å²) in [6.07, 6.45) is 0. The van der Waals surface area contributed by atoms with Crippen molar-refractivity contribution >= 4 is 22.3 Å². The maximum atomic E-state index is 5.57. The highest BCUT2D eigenvalue weighted by Gasteiger charge is 2.09. The third kappa shape index (κ3) is 2.88. The molecule has 13 heavy (non-hydrogen) atoms. The molecule has 0 aliphatic carbocycles. The van der Waals surface area contributed by atoms with E-state index in [9.17, 15) is 0 Å². The Morgan fingerprint density at radius 2 is 2.31 bits per heavy atom. The summed E-state index contributed by atoms with van der Waals surface area (Å²) in [4.78, 5) is 6.51. The van der Waals surface area contributed by atoms with Crippen molar-refractivity contribution in [2.75, 3.05) is 23.7 Å². The predicted molar refractivity (Wildman–Crippen MR) is 59.3 cm³/mol. The van der Waals surface area contributed by atoms with Gasteiger partial charge >= 0.3 is 0 Å². The summed E-state index contributed by atoms with van der Waals surface area (Å²) in [5.74, 6) is 1.28. The SMILES string of the molecule is CCN(CC(C)C)c1nc(N)cs1. The molecule has 3 nitrogen and oxygen atoms in total. The Morgan fingerprint density at radius 1 is 1.62 bits per heavy atom.